The summed E-state index contributed by atoms with van der Waals surface area (Å²) in [7, 11) is 0. The van der Waals surface area contributed by atoms with Crippen LogP contribution in [0.3, 0.4) is 0 Å². The highest BCUT2D eigenvalue weighted by Crippen LogP contribution is 2.15. The van der Waals surface area contributed by atoms with Gasteiger partial charge in [-0.25, -0.2) is 0 Å². The third-order valence-electron chi connectivity index (χ3n) is 13.0. The van der Waals surface area contributed by atoms with Gasteiger partial charge in [0, 0.05) is 19.3 Å². The highest BCUT2D eigenvalue weighted by Gasteiger charge is 2.19. The van der Waals surface area contributed by atoms with E-state index in [0.717, 1.165) is 122 Å². The fourth-order valence-electron chi connectivity index (χ4n) is 8.44. The minimum absolute atomic E-state index is 0.0936. The van der Waals surface area contributed by atoms with Crippen molar-refractivity contribution < 1.29 is 28.6 Å². The van der Waals surface area contributed by atoms with Crippen LogP contribution in [0.4, 0.5) is 0 Å². The van der Waals surface area contributed by atoms with Crippen LogP contribution in [0, 0.1) is 0 Å². The Bertz CT molecular complexity index is 1440. The van der Waals surface area contributed by atoms with Crippen molar-refractivity contribution in [3.05, 3.63) is 97.2 Å². The lowest BCUT2D eigenvalue weighted by Crippen LogP contribution is -2.30. The monoisotopic (exact) mass is 1010 g/mol. The van der Waals surface area contributed by atoms with Crippen LogP contribution in [-0.4, -0.2) is 37.2 Å². The molecule has 0 aromatic rings. The van der Waals surface area contributed by atoms with E-state index in [9.17, 15) is 14.4 Å². The van der Waals surface area contributed by atoms with Crippen LogP contribution in [-0.2, 0) is 28.6 Å². The summed E-state index contributed by atoms with van der Waals surface area (Å²) in [5.74, 6) is -0.935. The van der Waals surface area contributed by atoms with Gasteiger partial charge in [0.15, 0.2) is 6.10 Å². The Labute approximate surface area is 451 Å². The number of hydrogen-bond donors (Lipinski definition) is 0. The Morgan fingerprint density at radius 3 is 0.877 bits per heavy atom. The van der Waals surface area contributed by atoms with E-state index >= 15 is 0 Å². The van der Waals surface area contributed by atoms with Gasteiger partial charge in [0.1, 0.15) is 13.2 Å². The molecule has 0 aromatic heterocycles. The molecule has 0 fully saturated rings. The molecule has 6 nitrogen and oxygen atoms in total. The summed E-state index contributed by atoms with van der Waals surface area (Å²) in [4.78, 5) is 38.2. The van der Waals surface area contributed by atoms with Gasteiger partial charge in [0.2, 0.25) is 0 Å². The molecule has 1 unspecified atom stereocenters. The van der Waals surface area contributed by atoms with Crippen LogP contribution in [0.5, 0.6) is 0 Å². The van der Waals surface area contributed by atoms with E-state index in [1.54, 1.807) is 0 Å². The van der Waals surface area contributed by atoms with Crippen LogP contribution < -0.4 is 0 Å². The molecule has 0 saturated heterocycles. The number of carbonyl (C=O) groups is 3. The minimum atomic E-state index is -0.799. The third kappa shape index (κ3) is 59.1. The van der Waals surface area contributed by atoms with E-state index in [4.69, 9.17) is 14.2 Å². The van der Waals surface area contributed by atoms with Crippen molar-refractivity contribution in [1.29, 1.82) is 0 Å². The Kier molecular flexibility index (Phi) is 57.8. The van der Waals surface area contributed by atoms with Crippen LogP contribution in [0.1, 0.15) is 290 Å². The summed E-state index contributed by atoms with van der Waals surface area (Å²) in [6, 6.07) is 0. The standard InChI is InChI=1S/C67H114O6/c1-4-7-10-13-16-19-22-25-27-28-29-30-31-32-33-34-35-36-37-38-40-42-45-48-51-54-57-60-66(69)72-63-64(62-71-65(68)59-56-53-50-47-44-41-24-21-18-15-12-9-6-3)73-67(70)61-58-55-52-49-46-43-39-26-23-20-17-14-11-8-5-2/h9,12,17-18,20-22,25-26,28-29,31-32,39,41,44,64H,4-8,10-11,13-16,19,23-24,27,30,33-38,40,42-43,45-63H2,1-3H3/b12-9-,20-17-,21-18-,25-22-,29-28-,32-31-,39-26-,44-41-. The lowest BCUT2D eigenvalue weighted by atomic mass is 10.0. The molecule has 1 atom stereocenters. The number of hydrogen-bond acceptors (Lipinski definition) is 6. The van der Waals surface area contributed by atoms with Crippen molar-refractivity contribution >= 4 is 17.9 Å². The normalized spacial score (nSPS) is 12.8. The second-order valence-corrected chi connectivity index (χ2v) is 20.2. The maximum absolute atomic E-state index is 12.9. The van der Waals surface area contributed by atoms with E-state index in [0.29, 0.717) is 19.3 Å². The smallest absolute Gasteiger partial charge is 0.306 e. The Morgan fingerprint density at radius 1 is 0.288 bits per heavy atom. The number of ether oxygens (including phenoxy) is 3. The first-order valence-electron chi connectivity index (χ1n) is 30.7. The number of esters is 3. The first kappa shape index (κ1) is 69.3. The molecule has 0 aliphatic heterocycles. The number of rotatable bonds is 55. The molecule has 73 heavy (non-hydrogen) atoms. The van der Waals surface area contributed by atoms with Crippen molar-refractivity contribution in [3.8, 4) is 0 Å². The van der Waals surface area contributed by atoms with Gasteiger partial charge in [0.25, 0.3) is 0 Å². The summed E-state index contributed by atoms with van der Waals surface area (Å²) >= 11 is 0. The molecule has 0 rings (SSSR count). The SMILES string of the molecule is CC/C=C\C/C=C\C/C=C\CCCCCC(=O)OCC(COC(=O)CCCCCCCCCCCCCC/C=C\C/C=C\C/C=C\CCCCCCC)OC(=O)CCCCCCC/C=C\C/C=C\CCCCC. The van der Waals surface area contributed by atoms with Gasteiger partial charge >= 0.3 is 17.9 Å². The quantitative estimate of drug-likeness (QED) is 0.0261. The molecule has 0 bridgehead atoms. The van der Waals surface area contributed by atoms with Gasteiger partial charge in [-0.1, -0.05) is 246 Å². The zero-order chi connectivity index (χ0) is 52.9. The zero-order valence-corrected chi connectivity index (χ0v) is 47.9. The molecule has 0 aliphatic carbocycles. The maximum Gasteiger partial charge on any atom is 0.306 e. The van der Waals surface area contributed by atoms with Gasteiger partial charge in [-0.2, -0.15) is 0 Å². The highest BCUT2D eigenvalue weighted by molar-refractivity contribution is 5.71. The molecule has 0 heterocycles. The Balaban J connectivity index is 4.30. The predicted octanol–water partition coefficient (Wildman–Crippen LogP) is 20.9. The molecular formula is C67H114O6. The van der Waals surface area contributed by atoms with Crippen LogP contribution >= 0.6 is 0 Å². The highest BCUT2D eigenvalue weighted by atomic mass is 16.6. The van der Waals surface area contributed by atoms with Crippen molar-refractivity contribution in [2.75, 3.05) is 13.2 Å². The molecule has 0 saturated carbocycles. The molecule has 418 valence electrons. The topological polar surface area (TPSA) is 78.9 Å². The largest absolute Gasteiger partial charge is 0.462 e. The molecule has 0 spiro atoms. The first-order chi connectivity index (χ1) is 36.0. The van der Waals surface area contributed by atoms with E-state index < -0.39 is 6.10 Å². The van der Waals surface area contributed by atoms with Crippen molar-refractivity contribution in [2.24, 2.45) is 0 Å². The fourth-order valence-corrected chi connectivity index (χ4v) is 8.44. The molecule has 0 aromatic carbocycles. The van der Waals surface area contributed by atoms with Crippen molar-refractivity contribution in [2.45, 2.75) is 297 Å². The summed E-state index contributed by atoms with van der Waals surface area (Å²) in [6.07, 6.45) is 81.3. The van der Waals surface area contributed by atoms with Gasteiger partial charge in [-0.3, -0.25) is 14.4 Å². The van der Waals surface area contributed by atoms with E-state index in [1.165, 1.54) is 128 Å². The van der Waals surface area contributed by atoms with Gasteiger partial charge < -0.3 is 14.2 Å². The van der Waals surface area contributed by atoms with Gasteiger partial charge in [0.05, 0.1) is 0 Å². The molecule has 6 heteroatoms. The van der Waals surface area contributed by atoms with Gasteiger partial charge in [-0.15, -0.1) is 0 Å². The third-order valence-corrected chi connectivity index (χ3v) is 13.0. The van der Waals surface area contributed by atoms with Crippen molar-refractivity contribution in [1.82, 2.24) is 0 Å². The number of carbonyl (C=O) groups excluding carboxylic acids is 3. The Morgan fingerprint density at radius 2 is 0.534 bits per heavy atom. The molecular weight excluding hydrogens is 901 g/mol. The zero-order valence-electron chi connectivity index (χ0n) is 47.9. The second-order valence-electron chi connectivity index (χ2n) is 20.2. The first-order valence-corrected chi connectivity index (χ1v) is 30.7. The predicted molar refractivity (Wildman–Crippen MR) is 316 cm³/mol. The summed E-state index contributed by atoms with van der Waals surface area (Å²) in [5, 5.41) is 0. The number of allylic oxidation sites excluding steroid dienone is 16. The molecule has 0 N–H and O–H groups in total. The minimum Gasteiger partial charge on any atom is -0.462 e. The second kappa shape index (κ2) is 60.9. The van der Waals surface area contributed by atoms with E-state index in [-0.39, 0.29) is 31.1 Å². The lowest BCUT2D eigenvalue weighted by molar-refractivity contribution is -0.167. The van der Waals surface area contributed by atoms with Crippen LogP contribution in [0.2, 0.25) is 0 Å². The van der Waals surface area contributed by atoms with Gasteiger partial charge in [-0.05, 0) is 122 Å². The average molecular weight is 1020 g/mol. The fraction of sp³-hybridized carbons (Fsp3) is 0.716. The molecule has 0 radical (unpaired) electrons. The van der Waals surface area contributed by atoms with E-state index in [1.807, 2.05) is 0 Å². The summed E-state index contributed by atoms with van der Waals surface area (Å²) in [5.41, 5.74) is 0. The maximum atomic E-state index is 12.9. The summed E-state index contributed by atoms with van der Waals surface area (Å²) in [6.45, 7) is 6.46. The van der Waals surface area contributed by atoms with E-state index in [2.05, 4.69) is 118 Å². The summed E-state index contributed by atoms with van der Waals surface area (Å²) < 4.78 is 16.8. The Hall–Kier alpha value is -3.67. The average Bonchev–Trinajstić information content (AvgIpc) is 3.39. The van der Waals surface area contributed by atoms with Crippen LogP contribution in [0.25, 0.3) is 0 Å². The molecule has 0 aliphatic rings. The molecule has 0 amide bonds. The lowest BCUT2D eigenvalue weighted by Gasteiger charge is -2.18. The number of unbranched alkanes of at least 4 members (excludes halogenated alkanes) is 28. The van der Waals surface area contributed by atoms with Crippen LogP contribution in [0.15, 0.2) is 97.2 Å². The van der Waals surface area contributed by atoms with Crippen molar-refractivity contribution in [3.63, 3.8) is 0 Å².